The van der Waals surface area contributed by atoms with E-state index >= 15 is 0 Å². The summed E-state index contributed by atoms with van der Waals surface area (Å²) in [7, 11) is 0. The maximum Gasteiger partial charge on any atom is 0 e. The van der Waals surface area contributed by atoms with Gasteiger partial charge in [0.25, 0.3) is 0 Å². The van der Waals surface area contributed by atoms with Gasteiger partial charge in [-0.3, -0.25) is 18.2 Å². The van der Waals surface area contributed by atoms with E-state index in [2.05, 4.69) is 12.1 Å². The molecule has 1 N–H and O–H groups in total. The fraction of sp³-hybridized carbons (Fsp3) is 0. The van der Waals surface area contributed by atoms with E-state index in [0.29, 0.717) is 0 Å². The van der Waals surface area contributed by atoms with Gasteiger partial charge in [0.2, 0.25) is 0 Å². The van der Waals surface area contributed by atoms with Crippen LogP contribution < -0.4 is 0 Å². The molecule has 0 radical (unpaired) electrons. The Labute approximate surface area is 42.2 Å². The molecule has 0 atom stereocenters. The van der Waals surface area contributed by atoms with Crippen molar-refractivity contribution >= 4 is 0 Å². The Morgan fingerprint density at radius 2 is 1.56 bits per heavy atom. The van der Waals surface area contributed by atoms with Crippen LogP contribution in [0.2, 0.25) is 0 Å². The normalized spacial score (nSPS) is 6.67. The second kappa shape index (κ2) is 3.22. The maximum absolute atomic E-state index is 8.52. The zero-order chi connectivity index (χ0) is 5.11. The molecule has 0 bridgehead atoms. The number of phenols is 1. The van der Waals surface area contributed by atoms with Crippen molar-refractivity contribution in [2.24, 2.45) is 0 Å². The van der Waals surface area contributed by atoms with Crippen LogP contribution in [-0.2, 0) is 0 Å². The van der Waals surface area contributed by atoms with Crippen LogP contribution in [0.1, 0.15) is 0 Å². The molecule has 0 aliphatic carbocycles. The fourth-order valence-electron chi connectivity index (χ4n) is 0.344. The number of benzene rings is 1. The molecule has 0 fully saturated rings. The second-order valence-corrected chi connectivity index (χ2v) is 1.16. The summed E-state index contributed by atoms with van der Waals surface area (Å²) in [5.74, 6) is 0.0718. The van der Waals surface area contributed by atoms with Crippen LogP contribution in [0.25, 0.3) is 0 Å². The summed E-state index contributed by atoms with van der Waals surface area (Å²) in [5.41, 5.74) is 0. The van der Waals surface area contributed by atoms with Crippen molar-refractivity contribution in [1.29, 1.82) is 0 Å². The Morgan fingerprint density at radius 3 is 1.78 bits per heavy atom. The Morgan fingerprint density at radius 1 is 1.11 bits per heavy atom. The van der Waals surface area contributed by atoms with Gasteiger partial charge in [0, 0.05) is 0 Å². The van der Waals surface area contributed by atoms with Crippen molar-refractivity contribution in [3.8, 4) is 5.75 Å². The SMILES string of the molecule is Oc1[c-]ccc[c-]1.[Rf].[Rf]. The van der Waals surface area contributed by atoms with Crippen molar-refractivity contribution in [1.82, 2.24) is 0 Å². The number of rotatable bonds is 0. The summed E-state index contributed by atoms with van der Waals surface area (Å²) in [4.78, 5) is 0. The van der Waals surface area contributed by atoms with E-state index in [4.69, 9.17) is 5.11 Å². The molecule has 0 heterocycles. The topological polar surface area (TPSA) is 20.2 Å². The molecule has 1 rings (SSSR count). The van der Waals surface area contributed by atoms with Crippen molar-refractivity contribution in [3.05, 3.63) is 30.3 Å². The van der Waals surface area contributed by atoms with Crippen LogP contribution in [0.5, 0.6) is 5.75 Å². The van der Waals surface area contributed by atoms with E-state index < -0.39 is 0 Å². The largest absolute Gasteiger partial charge is 0.559 e. The molecule has 0 aromatic heterocycles. The van der Waals surface area contributed by atoms with Crippen LogP contribution in [0.3, 0.4) is 0 Å². The van der Waals surface area contributed by atoms with Gasteiger partial charge in [-0.15, -0.1) is 5.75 Å². The summed E-state index contributed by atoms with van der Waals surface area (Å²) in [6.07, 6.45) is 0. The molecule has 0 saturated carbocycles. The van der Waals surface area contributed by atoms with Crippen molar-refractivity contribution in [3.63, 3.8) is 0 Å². The molecule has 0 amide bonds. The van der Waals surface area contributed by atoms with Gasteiger partial charge in [-0.1, -0.05) is 0 Å². The molecule has 0 aliphatic heterocycles. The van der Waals surface area contributed by atoms with E-state index in [0.717, 1.165) is 0 Å². The number of aromatic hydroxyl groups is 1. The minimum absolute atomic E-state index is 0. The van der Waals surface area contributed by atoms with Gasteiger partial charge < -0.3 is 17.2 Å². The Bertz CT molecular complexity index is 141. The third-order valence-electron chi connectivity index (χ3n) is 0.633. The summed E-state index contributed by atoms with van der Waals surface area (Å²) in [6, 6.07) is 10.1. The van der Waals surface area contributed by atoms with E-state index in [9.17, 15) is 0 Å². The summed E-state index contributed by atoms with van der Waals surface area (Å²) in [6.45, 7) is 0. The Hall–Kier alpha value is -2.98. The molecule has 3 heteroatoms. The average molecular weight is 626 g/mol. The quantitative estimate of drug-likeness (QED) is 0.427. The molecule has 0 unspecified atom stereocenters. The zero-order valence-electron chi connectivity index (χ0n) is 5.09. The van der Waals surface area contributed by atoms with Crippen LogP contribution in [0.15, 0.2) is 18.2 Å². The fourth-order valence-corrected chi connectivity index (χ4v) is 0.344. The van der Waals surface area contributed by atoms with Gasteiger partial charge >= 0.3 is 0 Å². The molecule has 1 nitrogen and oxygen atoms in total. The molecule has 1 aromatic carbocycles. The first-order valence-electron chi connectivity index (χ1n) is 1.97. The third kappa shape index (κ3) is 1.82. The van der Waals surface area contributed by atoms with E-state index in [1.54, 1.807) is 18.2 Å². The maximum atomic E-state index is 8.52. The summed E-state index contributed by atoms with van der Waals surface area (Å²) < 4.78 is 0. The first-order chi connectivity index (χ1) is 3.39. The van der Waals surface area contributed by atoms with Gasteiger partial charge in [-0.05, 0) is 0 Å². The number of phenolic OH excluding ortho intramolecular Hbond substituents is 1. The van der Waals surface area contributed by atoms with Crippen LogP contribution in [0, 0.1) is 12.1 Å². The van der Waals surface area contributed by atoms with Crippen LogP contribution in [-0.4, -0.2) is 5.11 Å². The van der Waals surface area contributed by atoms with Gasteiger partial charge in [0.15, 0.2) is 0 Å². The first-order valence-corrected chi connectivity index (χ1v) is 1.97. The molecule has 9 heavy (non-hydrogen) atoms. The molecule has 0 spiro atoms. The number of hydrogen-bond donors (Lipinski definition) is 1. The standard InChI is InChI=1S/C6H4O.2Rf/c7-6-4-2-1-3-5-6;;/h1-3,7H;;/q-2;;. The van der Waals surface area contributed by atoms with E-state index in [1.807, 2.05) is 0 Å². The van der Waals surface area contributed by atoms with Gasteiger partial charge in [0.05, 0.1) is 0 Å². The number of hydrogen-bond acceptors (Lipinski definition) is 1. The molecule has 0 saturated heterocycles. The third-order valence-corrected chi connectivity index (χ3v) is 0.633. The first kappa shape index (κ1) is 9.39. The summed E-state index contributed by atoms with van der Waals surface area (Å²) in [5, 5.41) is 8.52. The minimum Gasteiger partial charge on any atom is -0.559 e. The van der Waals surface area contributed by atoms with Gasteiger partial charge in [-0.25, -0.2) is 0 Å². The Balaban J connectivity index is 0. The number of para-hydroxylation sites is 1. The molecule has 0 aliphatic rings. The van der Waals surface area contributed by atoms with Crippen molar-refractivity contribution in [2.75, 3.05) is 0 Å². The smallest absolute Gasteiger partial charge is 0 e. The zero-order valence-corrected chi connectivity index (χ0v) is 17.9. The molecule has 40 valence electrons. The molecular formula is C6H4ORf2-2. The van der Waals surface area contributed by atoms with Gasteiger partial charge in [-0.2, -0.15) is 0 Å². The minimum atomic E-state index is 0. The predicted molar refractivity (Wildman–Crippen MR) is 25.8 cm³/mol. The Kier molecular flexibility index (Phi) is 3.36. The van der Waals surface area contributed by atoms with Crippen LogP contribution in [0.4, 0.5) is 0 Å². The average Bonchev–Trinajstić information content (AvgIpc) is 1.69. The second-order valence-electron chi connectivity index (χ2n) is 1.16. The van der Waals surface area contributed by atoms with Gasteiger partial charge in [0.1, 0.15) is 0 Å². The van der Waals surface area contributed by atoms with Crippen molar-refractivity contribution in [2.45, 2.75) is 0 Å². The molecule has 1 aromatic rings. The predicted octanol–water partition coefficient (Wildman–Crippen LogP) is 0.993. The van der Waals surface area contributed by atoms with Crippen LogP contribution >= 0.6 is 0 Å². The molecular weight excluding hydrogens is 622 g/mol. The van der Waals surface area contributed by atoms with E-state index in [-0.39, 0.29) is 5.75 Å². The summed E-state index contributed by atoms with van der Waals surface area (Å²) >= 11 is 0. The monoisotopic (exact) mass is 626 g/mol. The van der Waals surface area contributed by atoms with Crippen molar-refractivity contribution < 1.29 is 5.11 Å². The van der Waals surface area contributed by atoms with E-state index in [1.165, 1.54) is 0 Å².